The van der Waals surface area contributed by atoms with Crippen LogP contribution in [0, 0.1) is 0 Å². The standard InChI is InChI=1S/C24H23N3O5S/c1-5-32-23(29)20-14(2)26-24-27(21(20)17-12-16(30-3)8-9-18(17)31-4)22(28)19(33-24)11-15-7-6-10-25-13-15/h6-13,21H,5H2,1-4H3/b19-11+/t21-/m1/s1. The molecule has 9 heteroatoms. The van der Waals surface area contributed by atoms with Gasteiger partial charge in [-0.15, -0.1) is 0 Å². The highest BCUT2D eigenvalue weighted by atomic mass is 32.1. The molecule has 3 aromatic rings. The van der Waals surface area contributed by atoms with Crippen LogP contribution in [-0.4, -0.2) is 36.3 Å². The highest BCUT2D eigenvalue weighted by Crippen LogP contribution is 2.37. The maximum Gasteiger partial charge on any atom is 0.338 e. The summed E-state index contributed by atoms with van der Waals surface area (Å²) >= 11 is 1.25. The van der Waals surface area contributed by atoms with Crippen molar-refractivity contribution in [1.82, 2.24) is 9.55 Å². The zero-order valence-corrected chi connectivity index (χ0v) is 19.5. The largest absolute Gasteiger partial charge is 0.497 e. The number of esters is 1. The third-order valence-corrected chi connectivity index (χ3v) is 6.21. The molecule has 0 spiro atoms. The molecule has 0 amide bonds. The quantitative estimate of drug-likeness (QED) is 0.519. The van der Waals surface area contributed by atoms with Gasteiger partial charge in [-0.2, -0.15) is 0 Å². The van der Waals surface area contributed by atoms with Crippen molar-refractivity contribution in [1.29, 1.82) is 0 Å². The van der Waals surface area contributed by atoms with Crippen molar-refractivity contribution < 1.29 is 19.0 Å². The first kappa shape index (κ1) is 22.5. The predicted octanol–water partition coefficient (Wildman–Crippen LogP) is 2.21. The lowest BCUT2D eigenvalue weighted by molar-refractivity contribution is -0.139. The predicted molar refractivity (Wildman–Crippen MR) is 124 cm³/mol. The number of aromatic nitrogens is 2. The van der Waals surface area contributed by atoms with Crippen molar-refractivity contribution >= 4 is 23.4 Å². The molecule has 170 valence electrons. The van der Waals surface area contributed by atoms with Gasteiger partial charge in [-0.05, 0) is 49.8 Å². The zero-order valence-electron chi connectivity index (χ0n) is 18.7. The molecule has 0 aliphatic carbocycles. The lowest BCUT2D eigenvalue weighted by Crippen LogP contribution is -2.40. The number of carbonyl (C=O) groups excluding carboxylic acids is 1. The molecular weight excluding hydrogens is 442 g/mol. The Balaban J connectivity index is 2.02. The number of fused-ring (bicyclic) bond motifs is 1. The molecule has 4 rings (SSSR count). The molecule has 1 aliphatic rings. The number of thiazole rings is 1. The van der Waals surface area contributed by atoms with Crippen LogP contribution in [0.3, 0.4) is 0 Å². The van der Waals surface area contributed by atoms with Gasteiger partial charge in [0, 0.05) is 18.0 Å². The SMILES string of the molecule is CCOC(=O)C1=C(C)N=c2s/c(=C/c3cccnc3)c(=O)n2[C@@H]1c1cc(OC)ccc1OC. The topological polar surface area (TPSA) is 92.0 Å². The van der Waals surface area contributed by atoms with E-state index >= 15 is 0 Å². The van der Waals surface area contributed by atoms with Gasteiger partial charge in [0.1, 0.15) is 17.5 Å². The minimum Gasteiger partial charge on any atom is -0.497 e. The van der Waals surface area contributed by atoms with E-state index in [0.29, 0.717) is 32.1 Å². The molecule has 1 atom stereocenters. The molecule has 3 heterocycles. The highest BCUT2D eigenvalue weighted by Gasteiger charge is 2.35. The Labute approximate surface area is 194 Å². The van der Waals surface area contributed by atoms with E-state index in [1.807, 2.05) is 6.07 Å². The third kappa shape index (κ3) is 4.19. The van der Waals surface area contributed by atoms with Gasteiger partial charge in [0.2, 0.25) is 0 Å². The van der Waals surface area contributed by atoms with Gasteiger partial charge in [0.25, 0.3) is 5.56 Å². The Morgan fingerprint density at radius 1 is 1.24 bits per heavy atom. The van der Waals surface area contributed by atoms with Gasteiger partial charge in [0.05, 0.1) is 36.6 Å². The van der Waals surface area contributed by atoms with Crippen LogP contribution < -0.4 is 24.4 Å². The molecule has 0 saturated heterocycles. The maximum atomic E-state index is 13.6. The van der Waals surface area contributed by atoms with Crippen LogP contribution in [0.25, 0.3) is 6.08 Å². The second-order valence-corrected chi connectivity index (χ2v) is 8.21. The van der Waals surface area contributed by atoms with Crippen LogP contribution in [0.4, 0.5) is 0 Å². The normalized spacial score (nSPS) is 15.6. The molecule has 0 N–H and O–H groups in total. The number of methoxy groups -OCH3 is 2. The highest BCUT2D eigenvalue weighted by molar-refractivity contribution is 7.07. The molecule has 0 radical (unpaired) electrons. The lowest BCUT2D eigenvalue weighted by Gasteiger charge is -2.26. The van der Waals surface area contributed by atoms with E-state index in [-0.39, 0.29) is 17.7 Å². The van der Waals surface area contributed by atoms with Crippen molar-refractivity contribution in [3.8, 4) is 11.5 Å². The Kier molecular flexibility index (Phi) is 6.41. The minimum absolute atomic E-state index is 0.197. The van der Waals surface area contributed by atoms with Gasteiger partial charge in [0.15, 0.2) is 4.80 Å². The second-order valence-electron chi connectivity index (χ2n) is 7.20. The van der Waals surface area contributed by atoms with Gasteiger partial charge < -0.3 is 14.2 Å². The Hall–Kier alpha value is -3.72. The van der Waals surface area contributed by atoms with Crippen LogP contribution >= 0.6 is 11.3 Å². The van der Waals surface area contributed by atoms with E-state index in [2.05, 4.69) is 9.98 Å². The van der Waals surface area contributed by atoms with Crippen molar-refractivity contribution in [2.45, 2.75) is 19.9 Å². The Morgan fingerprint density at radius 2 is 2.06 bits per heavy atom. The van der Waals surface area contributed by atoms with E-state index in [9.17, 15) is 9.59 Å². The average molecular weight is 466 g/mol. The van der Waals surface area contributed by atoms with Crippen LogP contribution in [-0.2, 0) is 9.53 Å². The number of carbonyl (C=O) groups is 1. The summed E-state index contributed by atoms with van der Waals surface area (Å²) < 4.78 is 18.3. The summed E-state index contributed by atoms with van der Waals surface area (Å²) in [5.74, 6) is 0.551. The fraction of sp³-hybridized carbons (Fsp3) is 0.250. The van der Waals surface area contributed by atoms with Crippen LogP contribution in [0.1, 0.15) is 31.0 Å². The number of pyridine rings is 1. The van der Waals surface area contributed by atoms with Gasteiger partial charge in [-0.25, -0.2) is 9.79 Å². The lowest BCUT2D eigenvalue weighted by atomic mass is 9.94. The van der Waals surface area contributed by atoms with E-state index in [0.717, 1.165) is 5.56 Å². The number of allylic oxidation sites excluding steroid dienone is 1. The first-order valence-electron chi connectivity index (χ1n) is 10.3. The summed E-state index contributed by atoms with van der Waals surface area (Å²) in [6, 6.07) is 8.15. The summed E-state index contributed by atoms with van der Waals surface area (Å²) in [4.78, 5) is 35.8. The Morgan fingerprint density at radius 3 is 2.73 bits per heavy atom. The summed E-state index contributed by atoms with van der Waals surface area (Å²) in [6.07, 6.45) is 5.11. The number of ether oxygens (including phenoxy) is 3. The molecule has 0 bridgehead atoms. The molecular formula is C24H23N3O5S. The van der Waals surface area contributed by atoms with E-state index in [1.165, 1.54) is 23.0 Å². The number of nitrogens with zero attached hydrogens (tertiary/aromatic N) is 3. The summed E-state index contributed by atoms with van der Waals surface area (Å²) in [7, 11) is 3.09. The molecule has 0 fully saturated rings. The second kappa shape index (κ2) is 9.41. The summed E-state index contributed by atoms with van der Waals surface area (Å²) in [5.41, 5.74) is 1.89. The minimum atomic E-state index is -0.790. The fourth-order valence-electron chi connectivity index (χ4n) is 3.75. The maximum absolute atomic E-state index is 13.6. The van der Waals surface area contributed by atoms with Gasteiger partial charge in [-0.3, -0.25) is 14.3 Å². The summed E-state index contributed by atoms with van der Waals surface area (Å²) in [5, 5.41) is 0. The molecule has 8 nitrogen and oxygen atoms in total. The number of hydrogen-bond acceptors (Lipinski definition) is 8. The van der Waals surface area contributed by atoms with E-state index < -0.39 is 12.0 Å². The van der Waals surface area contributed by atoms with Crippen LogP contribution in [0.5, 0.6) is 11.5 Å². The van der Waals surface area contributed by atoms with E-state index in [4.69, 9.17) is 14.2 Å². The van der Waals surface area contributed by atoms with Crippen molar-refractivity contribution in [2.24, 2.45) is 4.99 Å². The van der Waals surface area contributed by atoms with Crippen molar-refractivity contribution in [2.75, 3.05) is 20.8 Å². The Bertz CT molecular complexity index is 1410. The van der Waals surface area contributed by atoms with Gasteiger partial charge >= 0.3 is 5.97 Å². The van der Waals surface area contributed by atoms with Crippen molar-refractivity contribution in [3.63, 3.8) is 0 Å². The van der Waals surface area contributed by atoms with Crippen molar-refractivity contribution in [3.05, 3.63) is 84.8 Å². The van der Waals surface area contributed by atoms with Gasteiger partial charge in [-0.1, -0.05) is 17.4 Å². The third-order valence-electron chi connectivity index (χ3n) is 5.23. The molecule has 33 heavy (non-hydrogen) atoms. The molecule has 0 saturated carbocycles. The number of hydrogen-bond donors (Lipinski definition) is 0. The number of rotatable bonds is 6. The average Bonchev–Trinajstić information content (AvgIpc) is 3.12. The zero-order chi connectivity index (χ0) is 23.5. The number of benzene rings is 1. The smallest absolute Gasteiger partial charge is 0.338 e. The molecule has 1 aliphatic heterocycles. The van der Waals surface area contributed by atoms with Crippen LogP contribution in [0.2, 0.25) is 0 Å². The monoisotopic (exact) mass is 465 g/mol. The molecule has 0 unspecified atom stereocenters. The first-order valence-corrected chi connectivity index (χ1v) is 11.1. The van der Waals surface area contributed by atoms with Crippen LogP contribution in [0.15, 0.2) is 63.8 Å². The first-order chi connectivity index (χ1) is 16.0. The molecule has 1 aromatic carbocycles. The van der Waals surface area contributed by atoms with E-state index in [1.54, 1.807) is 63.7 Å². The molecule has 2 aromatic heterocycles. The fourth-order valence-corrected chi connectivity index (χ4v) is 4.80. The summed E-state index contributed by atoms with van der Waals surface area (Å²) in [6.45, 7) is 3.67.